The molecule has 1 N–H and O–H groups in total. The Kier molecular flexibility index (Phi) is 7.17. The van der Waals surface area contributed by atoms with E-state index in [9.17, 15) is 8.42 Å². The molecule has 0 saturated heterocycles. The molecule has 1 unspecified atom stereocenters. The molecule has 0 radical (unpaired) electrons. The molecule has 0 aliphatic carbocycles. The number of alkyl halides is 1. The van der Waals surface area contributed by atoms with E-state index in [0.717, 1.165) is 18.4 Å². The monoisotopic (exact) mass is 331 g/mol. The predicted molar refractivity (Wildman–Crippen MR) is 90.1 cm³/mol. The quantitative estimate of drug-likeness (QED) is 0.575. The van der Waals surface area contributed by atoms with Crippen molar-refractivity contribution in [3.8, 4) is 0 Å². The molecule has 120 valence electrons. The Balaban J connectivity index is 2.83. The second kappa shape index (κ2) is 8.16. The van der Waals surface area contributed by atoms with Gasteiger partial charge in [0.15, 0.2) is 0 Å². The van der Waals surface area contributed by atoms with Crippen LogP contribution in [-0.2, 0) is 10.0 Å². The molecular weight excluding hydrogens is 306 g/mol. The lowest BCUT2D eigenvalue weighted by molar-refractivity contribution is 0.331. The first-order valence-electron chi connectivity index (χ1n) is 7.34. The van der Waals surface area contributed by atoms with Gasteiger partial charge in [-0.2, -0.15) is 0 Å². The molecular formula is C16H26ClNO2S. The third kappa shape index (κ3) is 7.84. The lowest BCUT2D eigenvalue weighted by atomic mass is 9.86. The summed E-state index contributed by atoms with van der Waals surface area (Å²) in [7, 11) is -3.28. The zero-order valence-corrected chi connectivity index (χ0v) is 14.7. The van der Waals surface area contributed by atoms with Crippen molar-refractivity contribution in [3.05, 3.63) is 35.9 Å². The van der Waals surface area contributed by atoms with Crippen molar-refractivity contribution in [3.63, 3.8) is 0 Å². The normalized spacial score (nSPS) is 14.1. The fraction of sp³-hybridized carbons (Fsp3) is 0.625. The van der Waals surface area contributed by atoms with Crippen LogP contribution in [0.1, 0.15) is 51.6 Å². The van der Waals surface area contributed by atoms with Crippen LogP contribution in [0, 0.1) is 5.41 Å². The minimum absolute atomic E-state index is 0.0408. The fourth-order valence-electron chi connectivity index (χ4n) is 2.19. The number of hydrogen-bond donors (Lipinski definition) is 1. The number of hydrogen-bond acceptors (Lipinski definition) is 2. The molecule has 0 fully saturated rings. The number of halogens is 1. The Morgan fingerprint density at radius 2 is 1.76 bits per heavy atom. The molecule has 3 nitrogen and oxygen atoms in total. The number of unbranched alkanes of at least 4 members (excludes halogenated alkanes) is 1. The van der Waals surface area contributed by atoms with Crippen molar-refractivity contribution in [1.82, 2.24) is 4.72 Å². The van der Waals surface area contributed by atoms with Crippen LogP contribution >= 0.6 is 11.6 Å². The molecule has 0 spiro atoms. The van der Waals surface area contributed by atoms with Gasteiger partial charge in [0.2, 0.25) is 10.0 Å². The zero-order chi connectivity index (χ0) is 15.9. The van der Waals surface area contributed by atoms with Crippen LogP contribution in [0.3, 0.4) is 0 Å². The second-order valence-electron chi connectivity index (χ2n) is 6.56. The van der Waals surface area contributed by atoms with Crippen molar-refractivity contribution in [2.45, 2.75) is 46.1 Å². The van der Waals surface area contributed by atoms with Crippen LogP contribution in [0.2, 0.25) is 0 Å². The minimum Gasteiger partial charge on any atom is -0.212 e. The highest BCUT2D eigenvalue weighted by Crippen LogP contribution is 2.30. The molecule has 0 bridgehead atoms. The maximum atomic E-state index is 12.2. The topological polar surface area (TPSA) is 46.2 Å². The molecule has 1 rings (SSSR count). The maximum absolute atomic E-state index is 12.2. The second-order valence-corrected chi connectivity index (χ2v) is 8.81. The van der Waals surface area contributed by atoms with Gasteiger partial charge in [-0.15, -0.1) is 11.6 Å². The van der Waals surface area contributed by atoms with Gasteiger partial charge in [-0.3, -0.25) is 0 Å². The van der Waals surface area contributed by atoms with E-state index in [0.29, 0.717) is 12.3 Å². The predicted octanol–water partition coefficient (Wildman–Crippen LogP) is 4.10. The van der Waals surface area contributed by atoms with Gasteiger partial charge in [0.05, 0.1) is 5.75 Å². The summed E-state index contributed by atoms with van der Waals surface area (Å²) in [6, 6.07) is 9.56. The van der Waals surface area contributed by atoms with Gasteiger partial charge in [0.1, 0.15) is 0 Å². The zero-order valence-electron chi connectivity index (χ0n) is 13.1. The van der Waals surface area contributed by atoms with E-state index in [1.807, 2.05) is 30.3 Å². The summed E-state index contributed by atoms with van der Waals surface area (Å²) >= 11 is 5.60. The average molecular weight is 332 g/mol. The van der Waals surface area contributed by atoms with Crippen molar-refractivity contribution in [2.24, 2.45) is 5.41 Å². The summed E-state index contributed by atoms with van der Waals surface area (Å²) in [4.78, 5) is 0. The molecule has 1 atom stereocenters. The van der Waals surface area contributed by atoms with Gasteiger partial charge in [-0.05, 0) is 30.2 Å². The molecule has 0 aromatic heterocycles. The smallest absolute Gasteiger partial charge is 0.212 e. The van der Waals surface area contributed by atoms with Crippen molar-refractivity contribution < 1.29 is 8.42 Å². The van der Waals surface area contributed by atoms with Crippen molar-refractivity contribution in [2.75, 3.05) is 11.6 Å². The largest absolute Gasteiger partial charge is 0.212 e. The molecule has 0 amide bonds. The van der Waals surface area contributed by atoms with E-state index >= 15 is 0 Å². The molecule has 21 heavy (non-hydrogen) atoms. The van der Waals surface area contributed by atoms with Gasteiger partial charge in [0.25, 0.3) is 0 Å². The molecule has 1 aromatic carbocycles. The van der Waals surface area contributed by atoms with Crippen LogP contribution in [0.5, 0.6) is 0 Å². The summed E-state index contributed by atoms with van der Waals surface area (Å²) in [5.41, 5.74) is 1.05. The standard InChI is InChI=1S/C16H26ClNO2S/c1-16(2,3)13-15(14-9-5-4-6-10-14)18-21(19,20)12-8-7-11-17/h4-6,9-10,15,18H,7-8,11-13H2,1-3H3. The summed E-state index contributed by atoms with van der Waals surface area (Å²) < 4.78 is 27.3. The van der Waals surface area contributed by atoms with Gasteiger partial charge in [-0.1, -0.05) is 51.1 Å². The number of sulfonamides is 1. The summed E-state index contributed by atoms with van der Waals surface area (Å²) in [5, 5.41) is 0. The third-order valence-electron chi connectivity index (χ3n) is 3.14. The number of benzene rings is 1. The van der Waals surface area contributed by atoms with E-state index in [4.69, 9.17) is 11.6 Å². The Hall–Kier alpha value is -0.580. The van der Waals surface area contributed by atoms with Gasteiger partial charge < -0.3 is 0 Å². The maximum Gasteiger partial charge on any atom is 0.212 e. The van der Waals surface area contributed by atoms with Gasteiger partial charge in [0, 0.05) is 11.9 Å². The Labute approximate surface area is 134 Å². The first-order valence-corrected chi connectivity index (χ1v) is 9.53. The molecule has 0 saturated carbocycles. The highest BCUT2D eigenvalue weighted by molar-refractivity contribution is 7.89. The minimum atomic E-state index is -3.28. The number of rotatable bonds is 8. The Bertz CT molecular complexity index is 509. The molecule has 0 aliphatic heterocycles. The van der Waals surface area contributed by atoms with Crippen LogP contribution in [0.15, 0.2) is 30.3 Å². The molecule has 0 heterocycles. The highest BCUT2D eigenvalue weighted by atomic mass is 35.5. The molecule has 1 aromatic rings. The SMILES string of the molecule is CC(C)(C)CC(NS(=O)(=O)CCCCCl)c1ccccc1. The summed E-state index contributed by atoms with van der Waals surface area (Å²) in [6.07, 6.45) is 2.07. The highest BCUT2D eigenvalue weighted by Gasteiger charge is 2.24. The van der Waals surface area contributed by atoms with Crippen molar-refractivity contribution in [1.29, 1.82) is 0 Å². The van der Waals surface area contributed by atoms with Crippen LogP contribution in [0.4, 0.5) is 0 Å². The third-order valence-corrected chi connectivity index (χ3v) is 4.87. The Morgan fingerprint density at radius 3 is 2.29 bits per heavy atom. The average Bonchev–Trinajstić information content (AvgIpc) is 2.37. The van der Waals surface area contributed by atoms with E-state index < -0.39 is 10.0 Å². The lowest BCUT2D eigenvalue weighted by Gasteiger charge is -2.27. The van der Waals surface area contributed by atoms with E-state index in [1.165, 1.54) is 0 Å². The van der Waals surface area contributed by atoms with E-state index in [-0.39, 0.29) is 17.2 Å². The van der Waals surface area contributed by atoms with Crippen molar-refractivity contribution >= 4 is 21.6 Å². The van der Waals surface area contributed by atoms with Crippen LogP contribution in [0.25, 0.3) is 0 Å². The molecule has 0 aliphatic rings. The summed E-state index contributed by atoms with van der Waals surface area (Å²) in [5.74, 6) is 0.632. The lowest BCUT2D eigenvalue weighted by Crippen LogP contribution is -2.33. The first kappa shape index (κ1) is 18.5. The summed E-state index contributed by atoms with van der Waals surface area (Å²) in [6.45, 7) is 6.35. The van der Waals surface area contributed by atoms with E-state index in [2.05, 4.69) is 25.5 Å². The van der Waals surface area contributed by atoms with E-state index in [1.54, 1.807) is 0 Å². The van der Waals surface area contributed by atoms with Crippen LogP contribution in [-0.4, -0.2) is 20.1 Å². The fourth-order valence-corrected chi connectivity index (χ4v) is 3.73. The first-order chi connectivity index (χ1) is 9.73. The van der Waals surface area contributed by atoms with Gasteiger partial charge >= 0.3 is 0 Å². The Morgan fingerprint density at radius 1 is 1.14 bits per heavy atom. The van der Waals surface area contributed by atoms with Gasteiger partial charge in [-0.25, -0.2) is 13.1 Å². The number of nitrogens with one attached hydrogen (secondary N) is 1. The molecule has 5 heteroatoms. The van der Waals surface area contributed by atoms with Crippen LogP contribution < -0.4 is 4.72 Å².